The summed E-state index contributed by atoms with van der Waals surface area (Å²) in [6.45, 7) is 4.87. The molecule has 66 valence electrons. The maximum Gasteiger partial charge on any atom is 0.0409 e. The number of hydrogen-bond donors (Lipinski definition) is 1. The second-order valence-electron chi connectivity index (χ2n) is 3.20. The van der Waals surface area contributed by atoms with Crippen LogP contribution in [-0.4, -0.2) is 0 Å². The highest BCUT2D eigenvalue weighted by Crippen LogP contribution is 2.22. The number of benzene rings is 1. The van der Waals surface area contributed by atoms with Crippen molar-refractivity contribution in [3.8, 4) is 0 Å². The van der Waals surface area contributed by atoms with Crippen molar-refractivity contribution in [3.05, 3.63) is 34.3 Å². The molecule has 2 N–H and O–H groups in total. The van der Waals surface area contributed by atoms with Crippen LogP contribution >= 0.6 is 11.6 Å². The van der Waals surface area contributed by atoms with Gasteiger partial charge in [0.05, 0.1) is 0 Å². The van der Waals surface area contributed by atoms with Gasteiger partial charge in [-0.2, -0.15) is 0 Å². The molecule has 0 atom stereocenters. The Morgan fingerprint density at radius 3 is 2.58 bits per heavy atom. The molecule has 0 bridgehead atoms. The molecule has 12 heavy (non-hydrogen) atoms. The zero-order valence-corrected chi connectivity index (χ0v) is 8.23. The van der Waals surface area contributed by atoms with E-state index in [4.69, 9.17) is 17.3 Å². The average molecular weight is 184 g/mol. The van der Waals surface area contributed by atoms with E-state index in [0.29, 0.717) is 12.5 Å². The number of rotatable bonds is 2. The Labute approximate surface area is 78.5 Å². The molecule has 0 unspecified atom stereocenters. The van der Waals surface area contributed by atoms with Crippen LogP contribution in [0.1, 0.15) is 30.9 Å². The Morgan fingerprint density at radius 1 is 1.42 bits per heavy atom. The number of hydrogen-bond acceptors (Lipinski definition) is 1. The van der Waals surface area contributed by atoms with Crippen molar-refractivity contribution in [2.75, 3.05) is 0 Å². The van der Waals surface area contributed by atoms with E-state index in [1.807, 2.05) is 12.1 Å². The van der Waals surface area contributed by atoms with E-state index in [2.05, 4.69) is 19.9 Å². The maximum absolute atomic E-state index is 5.84. The van der Waals surface area contributed by atoms with Crippen molar-refractivity contribution in [1.29, 1.82) is 0 Å². The minimum atomic E-state index is 0.515. The van der Waals surface area contributed by atoms with Crippen molar-refractivity contribution in [2.24, 2.45) is 5.73 Å². The van der Waals surface area contributed by atoms with Gasteiger partial charge in [0.15, 0.2) is 0 Å². The van der Waals surface area contributed by atoms with E-state index in [1.165, 1.54) is 5.56 Å². The maximum atomic E-state index is 5.84. The Hall–Kier alpha value is -0.530. The Bertz CT molecular complexity index is 269. The fraction of sp³-hybridized carbons (Fsp3) is 0.400. The molecular weight excluding hydrogens is 170 g/mol. The van der Waals surface area contributed by atoms with Gasteiger partial charge in [-0.3, -0.25) is 0 Å². The van der Waals surface area contributed by atoms with E-state index in [9.17, 15) is 0 Å². The quantitative estimate of drug-likeness (QED) is 0.750. The van der Waals surface area contributed by atoms with Gasteiger partial charge >= 0.3 is 0 Å². The van der Waals surface area contributed by atoms with Crippen LogP contribution in [0.25, 0.3) is 0 Å². The molecule has 0 fully saturated rings. The minimum absolute atomic E-state index is 0.515. The van der Waals surface area contributed by atoms with E-state index in [0.717, 1.165) is 10.6 Å². The lowest BCUT2D eigenvalue weighted by Gasteiger charge is -2.10. The van der Waals surface area contributed by atoms with Gasteiger partial charge in [-0.15, -0.1) is 0 Å². The summed E-state index contributed by atoms with van der Waals surface area (Å²) in [5.74, 6) is 0.515. The van der Waals surface area contributed by atoms with E-state index in [-0.39, 0.29) is 0 Å². The number of halogens is 1. The van der Waals surface area contributed by atoms with E-state index < -0.39 is 0 Å². The summed E-state index contributed by atoms with van der Waals surface area (Å²) in [5, 5.41) is 0.764. The van der Waals surface area contributed by atoms with Crippen LogP contribution in [0.3, 0.4) is 0 Å². The molecule has 0 heterocycles. The summed E-state index contributed by atoms with van der Waals surface area (Å²) in [7, 11) is 0. The first kappa shape index (κ1) is 9.56. The van der Waals surface area contributed by atoms with Crippen molar-refractivity contribution >= 4 is 11.6 Å². The van der Waals surface area contributed by atoms with E-state index >= 15 is 0 Å². The summed E-state index contributed by atoms with van der Waals surface area (Å²) in [4.78, 5) is 0. The molecule has 1 rings (SSSR count). The molecule has 1 aromatic rings. The zero-order chi connectivity index (χ0) is 9.14. The lowest BCUT2D eigenvalue weighted by atomic mass is 9.97. The van der Waals surface area contributed by atoms with Gasteiger partial charge in [0.25, 0.3) is 0 Å². The van der Waals surface area contributed by atoms with Crippen LogP contribution < -0.4 is 5.73 Å². The van der Waals surface area contributed by atoms with E-state index in [1.54, 1.807) is 0 Å². The Kier molecular flexibility index (Phi) is 3.12. The van der Waals surface area contributed by atoms with Gasteiger partial charge in [0.2, 0.25) is 0 Å². The molecule has 0 aliphatic carbocycles. The molecule has 0 aliphatic rings. The molecule has 0 radical (unpaired) electrons. The first-order chi connectivity index (χ1) is 5.65. The fourth-order valence-corrected chi connectivity index (χ4v) is 1.51. The van der Waals surface area contributed by atoms with Crippen molar-refractivity contribution < 1.29 is 0 Å². The summed E-state index contributed by atoms with van der Waals surface area (Å²) in [6.07, 6.45) is 0. The Morgan fingerprint density at radius 2 is 2.08 bits per heavy atom. The van der Waals surface area contributed by atoms with Gasteiger partial charge in [-0.1, -0.05) is 31.5 Å². The third kappa shape index (κ3) is 1.99. The van der Waals surface area contributed by atoms with Crippen LogP contribution in [0.2, 0.25) is 5.02 Å². The van der Waals surface area contributed by atoms with Gasteiger partial charge in [0, 0.05) is 11.6 Å². The highest BCUT2D eigenvalue weighted by atomic mass is 35.5. The van der Waals surface area contributed by atoms with Crippen molar-refractivity contribution in [2.45, 2.75) is 26.3 Å². The first-order valence-corrected chi connectivity index (χ1v) is 4.51. The molecular formula is C10H14ClN. The molecule has 0 saturated heterocycles. The summed E-state index contributed by atoms with van der Waals surface area (Å²) in [6, 6.07) is 5.90. The fourth-order valence-electron chi connectivity index (χ4n) is 1.31. The summed E-state index contributed by atoms with van der Waals surface area (Å²) >= 11 is 5.84. The predicted molar refractivity (Wildman–Crippen MR) is 53.4 cm³/mol. The summed E-state index contributed by atoms with van der Waals surface area (Å²) < 4.78 is 0. The molecule has 0 aliphatic heterocycles. The first-order valence-electron chi connectivity index (χ1n) is 4.13. The van der Waals surface area contributed by atoms with Gasteiger partial charge in [0.1, 0.15) is 0 Å². The normalized spacial score (nSPS) is 10.8. The SMILES string of the molecule is CC(C)c1ccc(Cl)cc1CN. The van der Waals surface area contributed by atoms with Gasteiger partial charge < -0.3 is 5.73 Å². The smallest absolute Gasteiger partial charge is 0.0409 e. The lowest BCUT2D eigenvalue weighted by molar-refractivity contribution is 0.840. The molecule has 1 aromatic carbocycles. The van der Waals surface area contributed by atoms with Crippen LogP contribution in [0, 0.1) is 0 Å². The second kappa shape index (κ2) is 3.92. The van der Waals surface area contributed by atoms with Crippen LogP contribution in [0.5, 0.6) is 0 Å². The van der Waals surface area contributed by atoms with Crippen LogP contribution in [0.4, 0.5) is 0 Å². The Balaban J connectivity index is 3.11. The van der Waals surface area contributed by atoms with Crippen molar-refractivity contribution in [3.63, 3.8) is 0 Å². The molecule has 0 aromatic heterocycles. The van der Waals surface area contributed by atoms with Gasteiger partial charge in [-0.05, 0) is 29.2 Å². The molecule has 1 nitrogen and oxygen atoms in total. The molecule has 0 amide bonds. The zero-order valence-electron chi connectivity index (χ0n) is 7.47. The topological polar surface area (TPSA) is 26.0 Å². The molecule has 0 saturated carbocycles. The average Bonchev–Trinajstić information content (AvgIpc) is 2.03. The van der Waals surface area contributed by atoms with Crippen LogP contribution in [-0.2, 0) is 6.54 Å². The third-order valence-corrected chi connectivity index (χ3v) is 2.18. The molecule has 0 spiro atoms. The second-order valence-corrected chi connectivity index (χ2v) is 3.64. The minimum Gasteiger partial charge on any atom is -0.326 e. The molecule has 2 heteroatoms. The predicted octanol–water partition coefficient (Wildman–Crippen LogP) is 2.92. The number of nitrogens with two attached hydrogens (primary N) is 1. The summed E-state index contributed by atoms with van der Waals surface area (Å²) in [5.41, 5.74) is 8.04. The van der Waals surface area contributed by atoms with Gasteiger partial charge in [-0.25, -0.2) is 0 Å². The van der Waals surface area contributed by atoms with Crippen molar-refractivity contribution in [1.82, 2.24) is 0 Å². The van der Waals surface area contributed by atoms with Crippen LogP contribution in [0.15, 0.2) is 18.2 Å². The largest absolute Gasteiger partial charge is 0.326 e. The highest BCUT2D eigenvalue weighted by Gasteiger charge is 2.04. The monoisotopic (exact) mass is 183 g/mol. The lowest BCUT2D eigenvalue weighted by Crippen LogP contribution is -2.02. The standard InChI is InChI=1S/C10H14ClN/c1-7(2)10-4-3-9(11)5-8(10)6-12/h3-5,7H,6,12H2,1-2H3. The third-order valence-electron chi connectivity index (χ3n) is 1.95. The highest BCUT2D eigenvalue weighted by molar-refractivity contribution is 6.30.